The molecule has 1 aliphatic carbocycles. The van der Waals surface area contributed by atoms with E-state index in [-0.39, 0.29) is 0 Å². The fourth-order valence-corrected chi connectivity index (χ4v) is 2.08. The summed E-state index contributed by atoms with van der Waals surface area (Å²) in [5, 5.41) is 0. The van der Waals surface area contributed by atoms with E-state index in [1.807, 2.05) is 0 Å². The summed E-state index contributed by atoms with van der Waals surface area (Å²) in [5.41, 5.74) is 2.94. The highest BCUT2D eigenvalue weighted by Crippen LogP contribution is 2.22. The summed E-state index contributed by atoms with van der Waals surface area (Å²) in [5.74, 6) is 0.863. The molecule has 1 aromatic rings. The van der Waals surface area contributed by atoms with E-state index >= 15 is 0 Å². The highest BCUT2D eigenvalue weighted by molar-refractivity contribution is 5.23. The van der Waals surface area contributed by atoms with Crippen molar-refractivity contribution in [1.82, 2.24) is 0 Å². The van der Waals surface area contributed by atoms with Gasteiger partial charge in [-0.1, -0.05) is 43.3 Å². The molecule has 0 nitrogen and oxygen atoms in total. The van der Waals surface area contributed by atoms with Crippen molar-refractivity contribution in [3.05, 3.63) is 47.5 Å². The largest absolute Gasteiger partial charge is 0.0882 e. The van der Waals surface area contributed by atoms with Gasteiger partial charge in [0.25, 0.3) is 0 Å². The molecule has 0 heterocycles. The molecule has 1 aromatic carbocycles. The van der Waals surface area contributed by atoms with Gasteiger partial charge in [0.05, 0.1) is 0 Å². The van der Waals surface area contributed by atoms with Crippen LogP contribution in [-0.4, -0.2) is 0 Å². The predicted octanol–water partition coefficient (Wildman–Crippen LogP) is 3.76. The van der Waals surface area contributed by atoms with Gasteiger partial charge in [0, 0.05) is 0 Å². The third-order valence-corrected chi connectivity index (χ3v) is 3.06. The van der Waals surface area contributed by atoms with Crippen LogP contribution in [0.3, 0.4) is 0 Å². The number of benzene rings is 1. The first-order valence-corrected chi connectivity index (χ1v) is 5.61. The summed E-state index contributed by atoms with van der Waals surface area (Å²) < 4.78 is 0. The van der Waals surface area contributed by atoms with E-state index in [4.69, 9.17) is 0 Å². The van der Waals surface area contributed by atoms with E-state index in [0.29, 0.717) is 0 Å². The maximum Gasteiger partial charge on any atom is -0.0244 e. The quantitative estimate of drug-likeness (QED) is 0.630. The topological polar surface area (TPSA) is 0 Å². The van der Waals surface area contributed by atoms with Crippen LogP contribution in [0.5, 0.6) is 0 Å². The Morgan fingerprint density at radius 3 is 2.14 bits per heavy atom. The first-order chi connectivity index (χ1) is 6.88. The summed E-state index contributed by atoms with van der Waals surface area (Å²) in [6.45, 7) is 2.20. The van der Waals surface area contributed by atoms with Gasteiger partial charge in [-0.25, -0.2) is 0 Å². The van der Waals surface area contributed by atoms with Crippen LogP contribution in [0, 0.1) is 5.92 Å². The normalized spacial score (nSPS) is 16.4. The van der Waals surface area contributed by atoms with Gasteiger partial charge in [-0.05, 0) is 42.7 Å². The Morgan fingerprint density at radius 1 is 1.00 bits per heavy atom. The maximum absolute atomic E-state index is 2.31. The minimum atomic E-state index is 0.863. The van der Waals surface area contributed by atoms with Gasteiger partial charge in [0.2, 0.25) is 0 Å². The molecule has 1 aliphatic rings. The molecule has 0 saturated heterocycles. The average molecular weight is 186 g/mol. The smallest absolute Gasteiger partial charge is 0.0244 e. The molecule has 2 rings (SSSR count). The van der Waals surface area contributed by atoms with Crippen LogP contribution in [0.15, 0.2) is 36.4 Å². The molecule has 0 N–H and O–H groups in total. The predicted molar refractivity (Wildman–Crippen MR) is 61.4 cm³/mol. The summed E-state index contributed by atoms with van der Waals surface area (Å²) in [6, 6.07) is 9.10. The number of aryl methyl sites for hydroxylation is 1. The molecule has 0 spiro atoms. The monoisotopic (exact) mass is 186 g/mol. The van der Waals surface area contributed by atoms with Crippen molar-refractivity contribution in [2.24, 2.45) is 5.92 Å². The number of rotatable bonds is 3. The molecule has 0 atom stereocenters. The van der Waals surface area contributed by atoms with Crippen molar-refractivity contribution in [3.8, 4) is 0 Å². The number of allylic oxidation sites excluding steroid dienone is 2. The number of hydrogen-bond donors (Lipinski definition) is 0. The molecule has 0 aliphatic heterocycles. The Balaban J connectivity index is 1.96. The van der Waals surface area contributed by atoms with E-state index in [0.717, 1.165) is 12.3 Å². The zero-order valence-electron chi connectivity index (χ0n) is 8.87. The fraction of sp³-hybridized carbons (Fsp3) is 0.429. The standard InChI is InChI=1S/C14H18/c1-2-12-7-9-14(10-8-12)11-13-5-3-4-6-13/h3-4,7-10,13H,2,5-6,11H2,1H3. The lowest BCUT2D eigenvalue weighted by molar-refractivity contribution is 0.567. The summed E-state index contributed by atoms with van der Waals surface area (Å²) in [6.07, 6.45) is 9.56. The van der Waals surface area contributed by atoms with E-state index in [9.17, 15) is 0 Å². The zero-order valence-corrected chi connectivity index (χ0v) is 8.87. The summed E-state index contributed by atoms with van der Waals surface area (Å²) in [7, 11) is 0. The lowest BCUT2D eigenvalue weighted by Gasteiger charge is -2.09. The van der Waals surface area contributed by atoms with E-state index < -0.39 is 0 Å². The minimum absolute atomic E-state index is 0.863. The van der Waals surface area contributed by atoms with E-state index in [1.54, 1.807) is 0 Å². The van der Waals surface area contributed by atoms with Gasteiger partial charge in [0.1, 0.15) is 0 Å². The maximum atomic E-state index is 2.31. The Hall–Kier alpha value is -1.04. The second-order valence-electron chi connectivity index (χ2n) is 4.18. The van der Waals surface area contributed by atoms with Crippen LogP contribution in [0.1, 0.15) is 30.9 Å². The second kappa shape index (κ2) is 4.45. The van der Waals surface area contributed by atoms with Crippen molar-refractivity contribution in [2.45, 2.75) is 32.6 Å². The van der Waals surface area contributed by atoms with Crippen LogP contribution in [-0.2, 0) is 12.8 Å². The second-order valence-corrected chi connectivity index (χ2v) is 4.18. The van der Waals surface area contributed by atoms with Crippen LogP contribution in [0.2, 0.25) is 0 Å². The third-order valence-electron chi connectivity index (χ3n) is 3.06. The van der Waals surface area contributed by atoms with Gasteiger partial charge in [-0.15, -0.1) is 0 Å². The van der Waals surface area contributed by atoms with E-state index in [2.05, 4.69) is 43.3 Å². The highest BCUT2D eigenvalue weighted by atomic mass is 14.1. The van der Waals surface area contributed by atoms with Gasteiger partial charge >= 0.3 is 0 Å². The zero-order chi connectivity index (χ0) is 9.80. The first-order valence-electron chi connectivity index (χ1n) is 5.61. The molecular formula is C14H18. The van der Waals surface area contributed by atoms with Crippen molar-refractivity contribution in [2.75, 3.05) is 0 Å². The summed E-state index contributed by atoms with van der Waals surface area (Å²) >= 11 is 0. The Kier molecular flexibility index (Phi) is 3.03. The van der Waals surface area contributed by atoms with Gasteiger partial charge in [0.15, 0.2) is 0 Å². The van der Waals surface area contributed by atoms with Gasteiger partial charge in [-0.3, -0.25) is 0 Å². The number of hydrogen-bond acceptors (Lipinski definition) is 0. The Morgan fingerprint density at radius 2 is 1.57 bits per heavy atom. The van der Waals surface area contributed by atoms with Gasteiger partial charge < -0.3 is 0 Å². The van der Waals surface area contributed by atoms with Crippen LogP contribution in [0.4, 0.5) is 0 Å². The molecular weight excluding hydrogens is 168 g/mol. The summed E-state index contributed by atoms with van der Waals surface area (Å²) in [4.78, 5) is 0. The molecule has 0 unspecified atom stereocenters. The molecule has 0 fully saturated rings. The Bertz CT molecular complexity index is 297. The molecule has 0 bridgehead atoms. The molecule has 0 aromatic heterocycles. The first kappa shape index (κ1) is 9.51. The van der Waals surface area contributed by atoms with Crippen LogP contribution >= 0.6 is 0 Å². The molecule has 14 heavy (non-hydrogen) atoms. The molecule has 0 radical (unpaired) electrons. The van der Waals surface area contributed by atoms with Crippen molar-refractivity contribution >= 4 is 0 Å². The van der Waals surface area contributed by atoms with Crippen LogP contribution < -0.4 is 0 Å². The average Bonchev–Trinajstić information content (AvgIpc) is 2.72. The molecule has 0 heteroatoms. The SMILES string of the molecule is CCc1ccc(CC2CC=CC2)cc1. The highest BCUT2D eigenvalue weighted by Gasteiger charge is 2.10. The molecule has 74 valence electrons. The van der Waals surface area contributed by atoms with Crippen molar-refractivity contribution in [3.63, 3.8) is 0 Å². The lowest BCUT2D eigenvalue weighted by Crippen LogP contribution is -1.99. The molecule has 0 amide bonds. The van der Waals surface area contributed by atoms with Crippen molar-refractivity contribution < 1.29 is 0 Å². The van der Waals surface area contributed by atoms with Crippen molar-refractivity contribution in [1.29, 1.82) is 0 Å². The molecule has 0 saturated carbocycles. The third kappa shape index (κ3) is 2.25. The van der Waals surface area contributed by atoms with Gasteiger partial charge in [-0.2, -0.15) is 0 Å². The fourth-order valence-electron chi connectivity index (χ4n) is 2.08. The van der Waals surface area contributed by atoms with Crippen LogP contribution in [0.25, 0.3) is 0 Å². The lowest BCUT2D eigenvalue weighted by atomic mass is 9.96. The minimum Gasteiger partial charge on any atom is -0.0882 e. The van der Waals surface area contributed by atoms with E-state index in [1.165, 1.54) is 30.4 Å². The Labute approximate surface area is 86.7 Å².